The van der Waals surface area contributed by atoms with Crippen molar-refractivity contribution >= 4 is 50.2 Å². The van der Waals surface area contributed by atoms with E-state index < -0.39 is 0 Å². The number of anilines is 1. The minimum absolute atomic E-state index is 0.167. The zero-order chi connectivity index (χ0) is 13.1. The third-order valence-electron chi connectivity index (χ3n) is 2.40. The molecule has 1 amide bonds. The molecule has 0 fully saturated rings. The van der Waals surface area contributed by atoms with Crippen LogP contribution >= 0.6 is 38.5 Å². The van der Waals surface area contributed by atoms with Crippen LogP contribution in [-0.4, -0.2) is 10.9 Å². The Kier molecular flexibility index (Phi) is 4.34. The predicted molar refractivity (Wildman–Crippen MR) is 83.8 cm³/mol. The van der Waals surface area contributed by atoms with E-state index in [-0.39, 0.29) is 5.91 Å². The third-order valence-corrected chi connectivity index (χ3v) is 3.68. The molecule has 0 saturated heterocycles. The number of nitrogens with zero attached hydrogens (tertiary/aromatic N) is 1. The average Bonchev–Trinajstić information content (AvgIpc) is 2.33. The summed E-state index contributed by atoms with van der Waals surface area (Å²) in [4.78, 5) is 16.3. The summed E-state index contributed by atoms with van der Waals surface area (Å²) in [6, 6.07) is 9.27. The van der Waals surface area contributed by atoms with Crippen molar-refractivity contribution in [2.24, 2.45) is 0 Å². The second kappa shape index (κ2) is 5.79. The van der Waals surface area contributed by atoms with Crippen LogP contribution in [0.15, 0.2) is 41.0 Å². The van der Waals surface area contributed by atoms with Crippen molar-refractivity contribution in [2.45, 2.75) is 6.92 Å². The number of hydrogen-bond acceptors (Lipinski definition) is 2. The molecule has 0 saturated carbocycles. The molecule has 0 atom stereocenters. The zero-order valence-electron chi connectivity index (χ0n) is 9.58. The second-order valence-electron chi connectivity index (χ2n) is 3.75. The molecule has 0 radical (unpaired) electrons. The number of benzene rings is 1. The van der Waals surface area contributed by atoms with Crippen molar-refractivity contribution in [3.05, 3.63) is 55.7 Å². The van der Waals surface area contributed by atoms with Gasteiger partial charge in [-0.2, -0.15) is 0 Å². The summed E-state index contributed by atoms with van der Waals surface area (Å²) in [5.74, 6) is 0.426. The topological polar surface area (TPSA) is 42.0 Å². The summed E-state index contributed by atoms with van der Waals surface area (Å²) in [6.07, 6.45) is 1.73. The van der Waals surface area contributed by atoms with Crippen LogP contribution in [0.3, 0.4) is 0 Å². The molecule has 2 aromatic rings. The maximum absolute atomic E-state index is 12.1. The first-order chi connectivity index (χ1) is 8.58. The van der Waals surface area contributed by atoms with E-state index >= 15 is 0 Å². The lowest BCUT2D eigenvalue weighted by Crippen LogP contribution is -2.14. The van der Waals surface area contributed by atoms with Crippen LogP contribution < -0.4 is 5.32 Å². The Balaban J connectivity index is 2.24. The van der Waals surface area contributed by atoms with E-state index in [1.54, 1.807) is 12.3 Å². The van der Waals surface area contributed by atoms with Crippen molar-refractivity contribution in [3.8, 4) is 0 Å². The Bertz CT molecular complexity index is 601. The lowest BCUT2D eigenvalue weighted by atomic mass is 10.2. The van der Waals surface area contributed by atoms with Gasteiger partial charge < -0.3 is 5.32 Å². The molecule has 1 aromatic heterocycles. The van der Waals surface area contributed by atoms with Crippen LogP contribution in [0, 0.1) is 10.5 Å². The number of carbonyl (C=O) groups excluding carboxylic acids is 1. The van der Waals surface area contributed by atoms with Gasteiger partial charge in [0.1, 0.15) is 5.82 Å². The van der Waals surface area contributed by atoms with E-state index in [1.807, 2.05) is 31.2 Å². The molecule has 2 rings (SSSR count). The number of carbonyl (C=O) groups is 1. The fraction of sp³-hybridized carbons (Fsp3) is 0.0769. The summed E-state index contributed by atoms with van der Waals surface area (Å²) in [5, 5.41) is 2.81. The largest absolute Gasteiger partial charge is 0.306 e. The van der Waals surface area contributed by atoms with Crippen molar-refractivity contribution in [1.82, 2.24) is 4.98 Å². The standard InChI is InChI=1S/C13H10BrIN2O/c1-8-6-9(15)7-16-12(8)17-13(18)10-4-2-3-5-11(10)14/h2-7H,1H3,(H,16,17,18). The third kappa shape index (κ3) is 3.08. The Morgan fingerprint density at radius 2 is 2.11 bits per heavy atom. The highest BCUT2D eigenvalue weighted by molar-refractivity contribution is 14.1. The van der Waals surface area contributed by atoms with E-state index in [1.165, 1.54) is 0 Å². The van der Waals surface area contributed by atoms with Crippen LogP contribution in [0.25, 0.3) is 0 Å². The summed E-state index contributed by atoms with van der Waals surface area (Å²) in [7, 11) is 0. The Hall–Kier alpha value is -0.950. The lowest BCUT2D eigenvalue weighted by molar-refractivity contribution is 0.102. The van der Waals surface area contributed by atoms with Crippen LogP contribution in [-0.2, 0) is 0 Å². The molecule has 1 aromatic carbocycles. The molecule has 3 nitrogen and oxygen atoms in total. The quantitative estimate of drug-likeness (QED) is 0.751. The van der Waals surface area contributed by atoms with Crippen molar-refractivity contribution in [1.29, 1.82) is 0 Å². The van der Waals surface area contributed by atoms with Gasteiger partial charge in [-0.1, -0.05) is 12.1 Å². The number of aromatic nitrogens is 1. The maximum atomic E-state index is 12.1. The molecule has 0 unspecified atom stereocenters. The highest BCUT2D eigenvalue weighted by Gasteiger charge is 2.11. The summed E-state index contributed by atoms with van der Waals surface area (Å²) < 4.78 is 1.81. The molecular weight excluding hydrogens is 407 g/mol. The number of pyridine rings is 1. The first-order valence-corrected chi connectivity index (χ1v) is 7.13. The number of halogens is 2. The Labute approximate surface area is 127 Å². The molecule has 0 bridgehead atoms. The van der Waals surface area contributed by atoms with Gasteiger partial charge >= 0.3 is 0 Å². The van der Waals surface area contributed by atoms with Crippen LogP contribution in [0.2, 0.25) is 0 Å². The molecule has 0 aliphatic rings. The van der Waals surface area contributed by atoms with Gasteiger partial charge in [0, 0.05) is 14.2 Å². The Morgan fingerprint density at radius 3 is 2.78 bits per heavy atom. The van der Waals surface area contributed by atoms with Gasteiger partial charge in [-0.05, 0) is 69.2 Å². The molecule has 1 heterocycles. The Morgan fingerprint density at radius 1 is 1.39 bits per heavy atom. The van der Waals surface area contributed by atoms with Gasteiger partial charge in [-0.25, -0.2) is 4.98 Å². The molecule has 1 N–H and O–H groups in total. The van der Waals surface area contributed by atoms with E-state index in [4.69, 9.17) is 0 Å². The van der Waals surface area contributed by atoms with Gasteiger partial charge in [0.05, 0.1) is 5.56 Å². The van der Waals surface area contributed by atoms with E-state index in [9.17, 15) is 4.79 Å². The number of rotatable bonds is 2. The molecular formula is C13H10BrIN2O. The highest BCUT2D eigenvalue weighted by atomic mass is 127. The summed E-state index contributed by atoms with van der Waals surface area (Å²) >= 11 is 5.55. The second-order valence-corrected chi connectivity index (χ2v) is 5.85. The molecule has 0 aliphatic heterocycles. The first kappa shape index (κ1) is 13.5. The first-order valence-electron chi connectivity index (χ1n) is 5.26. The molecule has 0 aliphatic carbocycles. The number of hydrogen-bond donors (Lipinski definition) is 1. The number of nitrogens with one attached hydrogen (secondary N) is 1. The SMILES string of the molecule is Cc1cc(I)cnc1NC(=O)c1ccccc1Br. The normalized spacial score (nSPS) is 10.2. The van der Waals surface area contributed by atoms with E-state index in [0.29, 0.717) is 11.4 Å². The molecule has 5 heteroatoms. The van der Waals surface area contributed by atoms with Gasteiger partial charge in [0.2, 0.25) is 0 Å². The average molecular weight is 417 g/mol. The molecule has 0 spiro atoms. The lowest BCUT2D eigenvalue weighted by Gasteiger charge is -2.08. The van der Waals surface area contributed by atoms with Crippen LogP contribution in [0.1, 0.15) is 15.9 Å². The predicted octanol–water partition coefficient (Wildman–Crippen LogP) is 4.01. The minimum Gasteiger partial charge on any atom is -0.306 e. The van der Waals surface area contributed by atoms with Crippen LogP contribution in [0.5, 0.6) is 0 Å². The van der Waals surface area contributed by atoms with Crippen molar-refractivity contribution in [2.75, 3.05) is 5.32 Å². The highest BCUT2D eigenvalue weighted by Crippen LogP contribution is 2.19. The maximum Gasteiger partial charge on any atom is 0.257 e. The summed E-state index contributed by atoms with van der Waals surface area (Å²) in [5.41, 5.74) is 1.54. The smallest absolute Gasteiger partial charge is 0.257 e. The number of amides is 1. The van der Waals surface area contributed by atoms with Crippen LogP contribution in [0.4, 0.5) is 5.82 Å². The minimum atomic E-state index is -0.167. The van der Waals surface area contributed by atoms with E-state index in [0.717, 1.165) is 13.6 Å². The van der Waals surface area contributed by atoms with Gasteiger partial charge in [0.25, 0.3) is 5.91 Å². The fourth-order valence-corrected chi connectivity index (χ4v) is 2.56. The zero-order valence-corrected chi connectivity index (χ0v) is 13.3. The molecule has 92 valence electrons. The van der Waals surface area contributed by atoms with Gasteiger partial charge in [-0.3, -0.25) is 4.79 Å². The van der Waals surface area contributed by atoms with Gasteiger partial charge in [0.15, 0.2) is 0 Å². The van der Waals surface area contributed by atoms with Crippen molar-refractivity contribution in [3.63, 3.8) is 0 Å². The number of aryl methyl sites for hydroxylation is 1. The summed E-state index contributed by atoms with van der Waals surface area (Å²) in [6.45, 7) is 1.92. The fourth-order valence-electron chi connectivity index (χ4n) is 1.49. The van der Waals surface area contributed by atoms with E-state index in [2.05, 4.69) is 48.8 Å². The van der Waals surface area contributed by atoms with Crippen molar-refractivity contribution < 1.29 is 4.79 Å². The molecule has 18 heavy (non-hydrogen) atoms. The van der Waals surface area contributed by atoms with Gasteiger partial charge in [-0.15, -0.1) is 0 Å². The monoisotopic (exact) mass is 416 g/mol.